The number of nitrogens with zero attached hydrogens (tertiary/aromatic N) is 6. The van der Waals surface area contributed by atoms with Gasteiger partial charge in [-0.15, -0.1) is 0 Å². The highest BCUT2D eigenvalue weighted by atomic mass is 16.3. The molecule has 0 fully saturated rings. The lowest BCUT2D eigenvalue weighted by Gasteiger charge is -2.42. The van der Waals surface area contributed by atoms with Gasteiger partial charge in [0.15, 0.2) is 34.9 Å². The summed E-state index contributed by atoms with van der Waals surface area (Å²) in [6, 6.07) is 93.6. The van der Waals surface area contributed by atoms with Crippen LogP contribution in [0.5, 0.6) is 0 Å². The molecule has 4 aromatic heterocycles. The van der Waals surface area contributed by atoms with Crippen molar-refractivity contribution in [3.63, 3.8) is 0 Å². The number of fused-ring (bicyclic) bond motifs is 2. The molecular formula is C78H48N6O2. The Morgan fingerprint density at radius 1 is 0.209 bits per heavy atom. The number of aromatic nitrogens is 6. The summed E-state index contributed by atoms with van der Waals surface area (Å²) < 4.78 is 11.9. The molecule has 2 bridgehead atoms. The van der Waals surface area contributed by atoms with Crippen LogP contribution in [0.25, 0.3) is 135 Å². The average Bonchev–Trinajstić information content (AvgIpc) is 0.968. The number of furan rings is 2. The van der Waals surface area contributed by atoms with E-state index in [9.17, 15) is 0 Å². The van der Waals surface area contributed by atoms with Crippen molar-refractivity contribution < 1.29 is 8.83 Å². The van der Waals surface area contributed by atoms with Crippen molar-refractivity contribution in [1.29, 1.82) is 0 Å². The van der Waals surface area contributed by atoms with Gasteiger partial charge in [0.2, 0.25) is 0 Å². The van der Waals surface area contributed by atoms with Gasteiger partial charge >= 0.3 is 0 Å². The Morgan fingerprint density at radius 2 is 0.512 bits per heavy atom. The van der Waals surface area contributed by atoms with Gasteiger partial charge in [0, 0.05) is 67.1 Å². The van der Waals surface area contributed by atoms with Crippen molar-refractivity contribution in [1.82, 2.24) is 29.9 Å². The average molecular weight is 1100 g/mol. The van der Waals surface area contributed by atoms with Crippen molar-refractivity contribution in [2.45, 2.75) is 11.8 Å². The molecule has 0 saturated heterocycles. The second-order valence-corrected chi connectivity index (χ2v) is 22.1. The minimum Gasteiger partial charge on any atom is -0.464 e. The summed E-state index contributed by atoms with van der Waals surface area (Å²) in [5, 5.41) is 2.12. The lowest BCUT2D eigenvalue weighted by atomic mass is 9.60. The maximum Gasteiger partial charge on any atom is 0.164 e. The van der Waals surface area contributed by atoms with Crippen LogP contribution in [0, 0.1) is 0 Å². The minimum atomic E-state index is 0.0965. The Morgan fingerprint density at radius 3 is 0.930 bits per heavy atom. The number of rotatable bonds is 10. The molecule has 4 heterocycles. The second-order valence-electron chi connectivity index (χ2n) is 22.1. The molecular weight excluding hydrogens is 1050 g/mol. The molecule has 8 nitrogen and oxygen atoms in total. The van der Waals surface area contributed by atoms with E-state index in [1.807, 2.05) is 110 Å². The van der Waals surface area contributed by atoms with Gasteiger partial charge in [-0.3, -0.25) is 0 Å². The minimum absolute atomic E-state index is 0.0965. The summed E-state index contributed by atoms with van der Waals surface area (Å²) in [5.41, 5.74) is 24.0. The summed E-state index contributed by atoms with van der Waals surface area (Å²) in [6.07, 6.45) is 3.65. The number of hydrogen-bond donors (Lipinski definition) is 0. The Balaban J connectivity index is 0.677. The van der Waals surface area contributed by atoms with Crippen LogP contribution in [0.4, 0.5) is 0 Å². The Kier molecular flexibility index (Phi) is 11.5. The molecule has 11 aromatic carbocycles. The predicted octanol–water partition coefficient (Wildman–Crippen LogP) is 19.2. The van der Waals surface area contributed by atoms with Gasteiger partial charge in [-0.25, -0.2) is 29.9 Å². The van der Waals surface area contributed by atoms with Gasteiger partial charge < -0.3 is 8.83 Å². The zero-order valence-electron chi connectivity index (χ0n) is 46.2. The van der Waals surface area contributed by atoms with Crippen molar-refractivity contribution in [2.75, 3.05) is 0 Å². The Bertz CT molecular complexity index is 4810. The molecule has 0 aliphatic heterocycles. The highest BCUT2D eigenvalue weighted by Gasteiger charge is 2.41. The van der Waals surface area contributed by atoms with Crippen LogP contribution in [-0.2, 0) is 0 Å². The van der Waals surface area contributed by atoms with Crippen LogP contribution in [0.1, 0.15) is 45.2 Å². The largest absolute Gasteiger partial charge is 0.464 e. The smallest absolute Gasteiger partial charge is 0.164 e. The van der Waals surface area contributed by atoms with Gasteiger partial charge in [-0.2, -0.15) is 0 Å². The first kappa shape index (κ1) is 49.2. The summed E-state index contributed by atoms with van der Waals surface area (Å²) in [4.78, 5) is 30.5. The van der Waals surface area contributed by atoms with E-state index in [1.165, 1.54) is 44.5 Å². The highest BCUT2D eigenvalue weighted by molar-refractivity contribution is 5.96. The first-order chi connectivity index (χ1) is 42.6. The third kappa shape index (κ3) is 8.45. The molecule has 0 N–H and O–H groups in total. The molecule has 3 aliphatic carbocycles. The third-order valence-corrected chi connectivity index (χ3v) is 17.1. The maximum atomic E-state index is 5.93. The number of para-hydroxylation sites is 2. The van der Waals surface area contributed by atoms with Crippen molar-refractivity contribution in [2.24, 2.45) is 0 Å². The lowest BCUT2D eigenvalue weighted by molar-refractivity contribution is 0.616. The number of hydrogen-bond acceptors (Lipinski definition) is 8. The van der Waals surface area contributed by atoms with Gasteiger partial charge in [-0.1, -0.05) is 231 Å². The molecule has 0 spiro atoms. The fourth-order valence-corrected chi connectivity index (χ4v) is 13.0. The van der Waals surface area contributed by atoms with Crippen LogP contribution < -0.4 is 0 Å². The highest BCUT2D eigenvalue weighted by Crippen LogP contribution is 2.57. The van der Waals surface area contributed by atoms with Gasteiger partial charge in [0.25, 0.3) is 0 Å². The van der Waals surface area contributed by atoms with Crippen LogP contribution in [0.15, 0.2) is 288 Å². The fraction of sp³-hybridized carbons (Fsp3) is 0.0256. The lowest BCUT2D eigenvalue weighted by Crippen LogP contribution is -2.27. The van der Waals surface area contributed by atoms with Crippen LogP contribution in [0.3, 0.4) is 0 Å². The molecule has 2 unspecified atom stereocenters. The van der Waals surface area contributed by atoms with E-state index in [2.05, 4.69) is 170 Å². The normalized spacial score (nSPS) is 13.8. The van der Waals surface area contributed by atoms with Gasteiger partial charge in [0.05, 0.1) is 12.5 Å². The van der Waals surface area contributed by atoms with E-state index >= 15 is 0 Å². The summed E-state index contributed by atoms with van der Waals surface area (Å²) in [6.45, 7) is 0. The topological polar surface area (TPSA) is 104 Å². The molecule has 15 aromatic rings. The zero-order valence-corrected chi connectivity index (χ0v) is 46.2. The molecule has 0 radical (unpaired) electrons. The SMILES string of the molecule is c1ccc(-c2nc(-c3ccc(-c4ccc5c(c4)C4c6ccccc6C5c5cc(-c6ccc(-c7nc(-c8ccccc8)nc(-c8cccc(-c9coc%10ccccc9%10)c8)n7)cc6)ccc54)cc3)nc(-c3cccc(-c4coc5ccccc45)c3)n2)cc1. The molecule has 0 amide bonds. The van der Waals surface area contributed by atoms with Crippen LogP contribution >= 0.6 is 0 Å². The maximum absolute atomic E-state index is 5.93. The summed E-state index contributed by atoms with van der Waals surface area (Å²) >= 11 is 0. The first-order valence-corrected chi connectivity index (χ1v) is 28.9. The molecule has 86 heavy (non-hydrogen) atoms. The summed E-state index contributed by atoms with van der Waals surface area (Å²) in [5.74, 6) is 3.85. The quantitative estimate of drug-likeness (QED) is 0.133. The van der Waals surface area contributed by atoms with Crippen LogP contribution in [0.2, 0.25) is 0 Å². The fourth-order valence-electron chi connectivity index (χ4n) is 13.0. The Labute approximate surface area is 495 Å². The monoisotopic (exact) mass is 1100 g/mol. The van der Waals surface area contributed by atoms with E-state index in [1.54, 1.807) is 0 Å². The number of benzene rings is 11. The van der Waals surface area contributed by atoms with Crippen molar-refractivity contribution >= 4 is 21.9 Å². The molecule has 3 aliphatic rings. The third-order valence-electron chi connectivity index (χ3n) is 17.1. The molecule has 2 atom stereocenters. The second kappa shape index (κ2) is 20.2. The van der Waals surface area contributed by atoms with Gasteiger partial charge in [-0.05, 0) is 103 Å². The van der Waals surface area contributed by atoms with E-state index in [0.717, 1.165) is 88.7 Å². The van der Waals surface area contributed by atoms with Gasteiger partial charge in [0.1, 0.15) is 11.2 Å². The van der Waals surface area contributed by atoms with Crippen molar-refractivity contribution in [3.8, 4) is 113 Å². The molecule has 8 heteroatoms. The molecule has 0 saturated carbocycles. The standard InChI is InChI=1S/C78H48N6O2/c1-3-15-49(16-4-1)73-79-75(83-77(81-73)57-21-13-19-55(41-57)67-45-85-69-27-11-9-23-59(67)69)51-33-29-47(30-34-51)53-37-39-63-65(43-53)71-61-25-7-8-26-62(61)72(63)66-44-54(38-40-64(66)71)48-31-35-52(36-32-48)76-80-74(50-17-5-2-6-18-50)82-78(84-76)58-22-14-20-56(42-58)68-46-86-70-28-12-10-24-60(68)70/h1-46,71-72H. The summed E-state index contributed by atoms with van der Waals surface area (Å²) in [7, 11) is 0. The van der Waals surface area contributed by atoms with E-state index < -0.39 is 0 Å². The molecule has 18 rings (SSSR count). The Hall–Kier alpha value is -11.5. The van der Waals surface area contributed by atoms with E-state index in [-0.39, 0.29) is 11.8 Å². The zero-order chi connectivity index (χ0) is 56.7. The van der Waals surface area contributed by atoms with E-state index in [4.69, 9.17) is 38.7 Å². The molecule has 402 valence electrons. The predicted molar refractivity (Wildman–Crippen MR) is 342 cm³/mol. The van der Waals surface area contributed by atoms with E-state index in [0.29, 0.717) is 34.9 Å². The van der Waals surface area contributed by atoms with Crippen molar-refractivity contribution in [3.05, 3.63) is 313 Å². The van der Waals surface area contributed by atoms with Crippen LogP contribution in [-0.4, -0.2) is 29.9 Å². The first-order valence-electron chi connectivity index (χ1n) is 28.9.